The number of hydrogen-bond donors (Lipinski definition) is 2. The molecule has 0 spiro atoms. The molecule has 1 saturated heterocycles. The highest BCUT2D eigenvalue weighted by atomic mass is 35.5. The van der Waals surface area contributed by atoms with E-state index in [2.05, 4.69) is 0 Å². The fraction of sp³-hybridized carbons (Fsp3) is 0.238. The van der Waals surface area contributed by atoms with Crippen molar-refractivity contribution in [1.29, 1.82) is 0 Å². The number of carbonyl (C=O) groups excluding carboxylic acids is 2. The molecule has 0 saturated carbocycles. The van der Waals surface area contributed by atoms with E-state index in [0.717, 1.165) is 0 Å². The molecule has 2 aromatic carbocycles. The molecule has 3 rings (SSSR count). The average molecular weight is 436 g/mol. The number of rotatable bonds is 7. The van der Waals surface area contributed by atoms with Crippen molar-refractivity contribution >= 4 is 40.7 Å². The Bertz CT molecular complexity index is 945. The highest BCUT2D eigenvalue weighted by Gasteiger charge is 2.46. The standard InChI is InChI=1S/C21H19Cl2NO5/c22-14-6-7-15(16(23)12-14)18-17(19(26)13-4-2-1-3-5-13)20(27)21(28)24(18)8-10-29-11-9-25/h1-7,12,18,25-26H,8-11H2/b19-17-. The maximum absolute atomic E-state index is 12.8. The van der Waals surface area contributed by atoms with Crippen molar-refractivity contribution in [3.63, 3.8) is 0 Å². The maximum Gasteiger partial charge on any atom is 0.295 e. The van der Waals surface area contributed by atoms with E-state index in [4.69, 9.17) is 33.0 Å². The van der Waals surface area contributed by atoms with Crippen molar-refractivity contribution in [1.82, 2.24) is 4.90 Å². The summed E-state index contributed by atoms with van der Waals surface area (Å²) >= 11 is 12.4. The van der Waals surface area contributed by atoms with Gasteiger partial charge in [0.25, 0.3) is 11.7 Å². The Morgan fingerprint density at radius 2 is 1.79 bits per heavy atom. The number of hydrogen-bond acceptors (Lipinski definition) is 5. The van der Waals surface area contributed by atoms with Crippen LogP contribution in [0.3, 0.4) is 0 Å². The van der Waals surface area contributed by atoms with Gasteiger partial charge < -0.3 is 19.8 Å². The van der Waals surface area contributed by atoms with Crippen LogP contribution in [-0.2, 0) is 14.3 Å². The van der Waals surface area contributed by atoms with Crippen LogP contribution in [0.1, 0.15) is 17.2 Å². The molecular weight excluding hydrogens is 417 g/mol. The smallest absolute Gasteiger partial charge is 0.295 e. The zero-order chi connectivity index (χ0) is 21.0. The monoisotopic (exact) mass is 435 g/mol. The molecule has 2 aromatic rings. The van der Waals surface area contributed by atoms with Crippen LogP contribution in [-0.4, -0.2) is 53.2 Å². The minimum atomic E-state index is -0.891. The summed E-state index contributed by atoms with van der Waals surface area (Å²) in [6, 6.07) is 12.4. The lowest BCUT2D eigenvalue weighted by atomic mass is 9.95. The molecule has 1 aliphatic rings. The van der Waals surface area contributed by atoms with Crippen LogP contribution < -0.4 is 0 Å². The molecule has 1 unspecified atom stereocenters. The van der Waals surface area contributed by atoms with Crippen LogP contribution in [0.25, 0.3) is 5.76 Å². The first-order valence-electron chi connectivity index (χ1n) is 8.93. The van der Waals surface area contributed by atoms with Crippen molar-refractivity contribution in [2.24, 2.45) is 0 Å². The van der Waals surface area contributed by atoms with Gasteiger partial charge in [-0.15, -0.1) is 0 Å². The van der Waals surface area contributed by atoms with Crippen LogP contribution in [0.15, 0.2) is 54.1 Å². The molecule has 1 amide bonds. The molecule has 0 radical (unpaired) electrons. The second-order valence-electron chi connectivity index (χ2n) is 6.36. The maximum atomic E-state index is 12.8. The van der Waals surface area contributed by atoms with Gasteiger partial charge in [0.2, 0.25) is 0 Å². The molecule has 29 heavy (non-hydrogen) atoms. The van der Waals surface area contributed by atoms with Gasteiger partial charge in [-0.2, -0.15) is 0 Å². The lowest BCUT2D eigenvalue weighted by Crippen LogP contribution is -2.33. The van der Waals surface area contributed by atoms with Gasteiger partial charge in [-0.25, -0.2) is 0 Å². The Kier molecular flexibility index (Phi) is 6.92. The van der Waals surface area contributed by atoms with Gasteiger partial charge in [-0.3, -0.25) is 9.59 Å². The Morgan fingerprint density at radius 1 is 1.07 bits per heavy atom. The second-order valence-corrected chi connectivity index (χ2v) is 7.20. The van der Waals surface area contributed by atoms with E-state index in [1.54, 1.807) is 42.5 Å². The topological polar surface area (TPSA) is 87.1 Å². The lowest BCUT2D eigenvalue weighted by molar-refractivity contribution is -0.140. The molecule has 1 aliphatic heterocycles. The first-order chi connectivity index (χ1) is 14.0. The molecule has 152 valence electrons. The van der Waals surface area contributed by atoms with Crippen LogP contribution in [0.2, 0.25) is 10.0 Å². The third kappa shape index (κ3) is 4.46. The number of nitrogens with zero attached hydrogens (tertiary/aromatic N) is 1. The Morgan fingerprint density at radius 3 is 2.45 bits per heavy atom. The van der Waals surface area contributed by atoms with E-state index in [9.17, 15) is 14.7 Å². The first-order valence-corrected chi connectivity index (χ1v) is 9.68. The highest BCUT2D eigenvalue weighted by Crippen LogP contribution is 2.42. The fourth-order valence-electron chi connectivity index (χ4n) is 3.24. The molecule has 0 bridgehead atoms. The number of likely N-dealkylation sites (tertiary alicyclic amines) is 1. The van der Waals surface area contributed by atoms with Crippen molar-refractivity contribution in [3.05, 3.63) is 75.3 Å². The molecule has 1 heterocycles. The number of ether oxygens (including phenoxy) is 1. The quantitative estimate of drug-likeness (QED) is 0.301. The zero-order valence-electron chi connectivity index (χ0n) is 15.3. The van der Waals surface area contributed by atoms with Crippen molar-refractivity contribution < 1.29 is 24.5 Å². The van der Waals surface area contributed by atoms with Crippen molar-refractivity contribution in [2.75, 3.05) is 26.4 Å². The summed E-state index contributed by atoms with van der Waals surface area (Å²) in [5, 5.41) is 20.4. The SMILES string of the molecule is O=C1C(=O)N(CCOCCO)C(c2ccc(Cl)cc2Cl)/C1=C(/O)c1ccccc1. The van der Waals surface area contributed by atoms with Gasteiger partial charge in [0.15, 0.2) is 0 Å². The van der Waals surface area contributed by atoms with Crippen LogP contribution in [0.4, 0.5) is 0 Å². The Balaban J connectivity index is 2.10. The third-order valence-corrected chi connectivity index (χ3v) is 5.12. The Hall–Kier alpha value is -2.38. The number of halogens is 2. The number of amides is 1. The molecule has 0 aliphatic carbocycles. The van der Waals surface area contributed by atoms with Crippen LogP contribution in [0.5, 0.6) is 0 Å². The molecule has 6 nitrogen and oxygen atoms in total. The second kappa shape index (κ2) is 9.41. The highest BCUT2D eigenvalue weighted by molar-refractivity contribution is 6.47. The molecule has 8 heteroatoms. The summed E-state index contributed by atoms with van der Waals surface area (Å²) in [6.07, 6.45) is 0. The van der Waals surface area contributed by atoms with Crippen LogP contribution >= 0.6 is 23.2 Å². The van der Waals surface area contributed by atoms with Gasteiger partial charge in [-0.05, 0) is 17.7 Å². The average Bonchev–Trinajstić information content (AvgIpc) is 2.96. The normalized spacial score (nSPS) is 18.4. The predicted molar refractivity (Wildman–Crippen MR) is 110 cm³/mol. The van der Waals surface area contributed by atoms with E-state index in [1.165, 1.54) is 11.0 Å². The number of aliphatic hydroxyl groups is 2. The molecule has 1 atom stereocenters. The summed E-state index contributed by atoms with van der Waals surface area (Å²) < 4.78 is 5.25. The van der Waals surface area contributed by atoms with Gasteiger partial charge in [0.1, 0.15) is 5.76 Å². The van der Waals surface area contributed by atoms with E-state index >= 15 is 0 Å². The fourth-order valence-corrected chi connectivity index (χ4v) is 3.75. The van der Waals surface area contributed by atoms with Crippen LogP contribution in [0, 0.1) is 0 Å². The summed E-state index contributed by atoms with van der Waals surface area (Å²) in [4.78, 5) is 26.9. The van der Waals surface area contributed by atoms with E-state index in [1.807, 2.05) is 0 Å². The molecule has 1 fully saturated rings. The van der Waals surface area contributed by atoms with Crippen molar-refractivity contribution in [2.45, 2.75) is 6.04 Å². The largest absolute Gasteiger partial charge is 0.507 e. The number of aliphatic hydroxyl groups excluding tert-OH is 2. The summed E-state index contributed by atoms with van der Waals surface area (Å²) in [6.45, 7) is 0.153. The molecule has 2 N–H and O–H groups in total. The number of ketones is 1. The number of carbonyl (C=O) groups is 2. The van der Waals surface area contributed by atoms with Gasteiger partial charge in [0, 0.05) is 22.2 Å². The van der Waals surface area contributed by atoms with Gasteiger partial charge in [-0.1, -0.05) is 59.6 Å². The minimum Gasteiger partial charge on any atom is -0.507 e. The van der Waals surface area contributed by atoms with E-state index < -0.39 is 17.7 Å². The zero-order valence-corrected chi connectivity index (χ0v) is 16.9. The molecular formula is C21H19Cl2NO5. The Labute approximate surface area is 177 Å². The number of Topliss-reactive ketones (excluding diaryl/α,β-unsaturated/α-hetero) is 1. The van der Waals surface area contributed by atoms with Gasteiger partial charge in [0.05, 0.1) is 31.4 Å². The summed E-state index contributed by atoms with van der Waals surface area (Å²) in [5.41, 5.74) is 0.833. The summed E-state index contributed by atoms with van der Waals surface area (Å²) in [7, 11) is 0. The van der Waals surface area contributed by atoms with Crippen molar-refractivity contribution in [3.8, 4) is 0 Å². The first kappa shape index (κ1) is 21.3. The third-order valence-electron chi connectivity index (χ3n) is 4.56. The van der Waals surface area contributed by atoms with E-state index in [0.29, 0.717) is 16.1 Å². The lowest BCUT2D eigenvalue weighted by Gasteiger charge is -2.26. The molecule has 0 aromatic heterocycles. The minimum absolute atomic E-state index is 0.0485. The van der Waals surface area contributed by atoms with E-state index in [-0.39, 0.29) is 42.7 Å². The predicted octanol–water partition coefficient (Wildman–Crippen LogP) is 3.42. The van der Waals surface area contributed by atoms with Gasteiger partial charge >= 0.3 is 0 Å². The summed E-state index contributed by atoms with van der Waals surface area (Å²) in [5.74, 6) is -1.84. The number of benzene rings is 2.